The molecular weight excluding hydrogens is 683 g/mol. The number of aliphatic hydroxyl groups is 1. The van der Waals surface area contributed by atoms with E-state index in [0.717, 1.165) is 56.0 Å². The Bertz CT molecular complexity index is 2030. The third kappa shape index (κ3) is 8.72. The second-order valence-corrected chi connectivity index (χ2v) is 14.0. The van der Waals surface area contributed by atoms with Crippen LogP contribution in [0.3, 0.4) is 0 Å². The molecule has 7 rings (SSSR count). The van der Waals surface area contributed by atoms with Gasteiger partial charge >= 0.3 is 6.03 Å². The fraction of sp³-hybridized carbons (Fsp3) is 0.227. The van der Waals surface area contributed by atoms with E-state index in [1.165, 1.54) is 0 Å². The molecule has 53 heavy (non-hydrogen) atoms. The SMILES string of the molecule is CCNC(=O)NCc1cccc(-c2ccc([C@@H]3O[C@H](CSc4nc(-c5ccccc5)c(-c5ccccc5)o4)[C@H](C)[C@H](c4ccc(CO)cc4)O3)cc2)c1. The number of carbonyl (C=O) groups excluding carboxylic acids is 1. The first-order valence-electron chi connectivity index (χ1n) is 17.9. The van der Waals surface area contributed by atoms with Gasteiger partial charge in [0.2, 0.25) is 0 Å². The number of carbonyl (C=O) groups is 1. The molecule has 0 saturated carbocycles. The number of ether oxygens (including phenoxy) is 2. The number of urea groups is 1. The van der Waals surface area contributed by atoms with E-state index in [-0.39, 0.29) is 30.8 Å². The van der Waals surface area contributed by atoms with Crippen LogP contribution in [0.4, 0.5) is 4.79 Å². The minimum absolute atomic E-state index is 0.00547. The number of aromatic nitrogens is 1. The summed E-state index contributed by atoms with van der Waals surface area (Å²) in [5, 5.41) is 15.9. The molecule has 270 valence electrons. The van der Waals surface area contributed by atoms with E-state index in [4.69, 9.17) is 18.9 Å². The van der Waals surface area contributed by atoms with Gasteiger partial charge in [0.15, 0.2) is 12.1 Å². The van der Waals surface area contributed by atoms with Crippen molar-refractivity contribution in [2.75, 3.05) is 12.3 Å². The van der Waals surface area contributed by atoms with Crippen LogP contribution < -0.4 is 10.6 Å². The molecule has 0 bridgehead atoms. The lowest BCUT2D eigenvalue weighted by atomic mass is 9.91. The number of rotatable bonds is 12. The highest BCUT2D eigenvalue weighted by atomic mass is 32.2. The second-order valence-electron chi connectivity index (χ2n) is 13.1. The lowest BCUT2D eigenvalue weighted by Gasteiger charge is -2.41. The largest absolute Gasteiger partial charge is 0.431 e. The Morgan fingerprint density at radius 2 is 1.42 bits per heavy atom. The number of oxazole rings is 1. The van der Waals surface area contributed by atoms with Crippen LogP contribution in [0.15, 0.2) is 143 Å². The second kappa shape index (κ2) is 17.1. The highest BCUT2D eigenvalue weighted by molar-refractivity contribution is 7.99. The third-order valence-corrected chi connectivity index (χ3v) is 10.3. The van der Waals surface area contributed by atoms with Crippen LogP contribution in [0.2, 0.25) is 0 Å². The summed E-state index contributed by atoms with van der Waals surface area (Å²) in [5.74, 6) is 1.35. The van der Waals surface area contributed by atoms with Crippen LogP contribution in [-0.2, 0) is 22.6 Å². The zero-order valence-corrected chi connectivity index (χ0v) is 30.6. The Hall–Kier alpha value is -5.19. The first kappa shape index (κ1) is 36.2. The van der Waals surface area contributed by atoms with E-state index in [1.54, 1.807) is 11.8 Å². The summed E-state index contributed by atoms with van der Waals surface area (Å²) in [6, 6.07) is 44.4. The molecule has 2 amide bonds. The Morgan fingerprint density at radius 1 is 0.736 bits per heavy atom. The molecule has 0 radical (unpaired) electrons. The molecule has 1 saturated heterocycles. The van der Waals surface area contributed by atoms with E-state index in [2.05, 4.69) is 54.0 Å². The van der Waals surface area contributed by atoms with Gasteiger partial charge in [0.25, 0.3) is 5.22 Å². The molecule has 8 nitrogen and oxygen atoms in total. The van der Waals surface area contributed by atoms with Gasteiger partial charge in [0.05, 0.1) is 18.8 Å². The Labute approximate surface area is 314 Å². The van der Waals surface area contributed by atoms with Gasteiger partial charge < -0.3 is 29.6 Å². The predicted octanol–water partition coefficient (Wildman–Crippen LogP) is 9.57. The van der Waals surface area contributed by atoms with Gasteiger partial charge in [-0.3, -0.25) is 0 Å². The number of aliphatic hydroxyl groups excluding tert-OH is 1. The highest BCUT2D eigenvalue weighted by Crippen LogP contribution is 2.44. The van der Waals surface area contributed by atoms with Gasteiger partial charge in [-0.25, -0.2) is 9.78 Å². The molecule has 9 heteroatoms. The van der Waals surface area contributed by atoms with E-state index >= 15 is 0 Å². The van der Waals surface area contributed by atoms with Crippen LogP contribution in [0, 0.1) is 5.92 Å². The molecule has 1 aliphatic heterocycles. The van der Waals surface area contributed by atoms with Gasteiger partial charge in [0, 0.05) is 41.5 Å². The Kier molecular flexibility index (Phi) is 11.7. The van der Waals surface area contributed by atoms with Crippen LogP contribution >= 0.6 is 11.8 Å². The fourth-order valence-corrected chi connectivity index (χ4v) is 7.49. The van der Waals surface area contributed by atoms with Crippen molar-refractivity contribution in [2.24, 2.45) is 5.92 Å². The Morgan fingerprint density at radius 3 is 2.11 bits per heavy atom. The molecular formula is C44H43N3O5S. The minimum atomic E-state index is -0.606. The summed E-state index contributed by atoms with van der Waals surface area (Å²) in [6.07, 6.45) is -1.04. The standard InChI is InChI=1S/C44H43N3O5S/c1-3-45-43(49)46-26-31-11-10-16-37(25-31)32-21-23-36(24-22-32)42-50-38(29(2)40(51-42)35-19-17-30(27-48)18-20-35)28-53-44-47-39(33-12-6-4-7-13-33)41(52-44)34-14-8-5-9-15-34/h4-25,29,38,40,42,48H,3,26-28H2,1-2H3,(H2,45,46,49)/t29-,38+,40+,42+/m0/s1. The third-order valence-electron chi connectivity index (χ3n) is 9.42. The van der Waals surface area contributed by atoms with Crippen LogP contribution in [0.5, 0.6) is 0 Å². The molecule has 3 N–H and O–H groups in total. The lowest BCUT2D eigenvalue weighted by Crippen LogP contribution is -2.38. The maximum atomic E-state index is 11.9. The number of amides is 2. The monoisotopic (exact) mass is 725 g/mol. The number of nitrogens with one attached hydrogen (secondary N) is 2. The van der Waals surface area contributed by atoms with Crippen molar-refractivity contribution >= 4 is 17.8 Å². The van der Waals surface area contributed by atoms with Gasteiger partial charge in [-0.1, -0.05) is 146 Å². The first-order chi connectivity index (χ1) is 26.0. The van der Waals surface area contributed by atoms with Crippen molar-refractivity contribution in [3.05, 3.63) is 156 Å². The van der Waals surface area contributed by atoms with Crippen LogP contribution in [-0.4, -0.2) is 34.5 Å². The van der Waals surface area contributed by atoms with E-state index in [0.29, 0.717) is 24.1 Å². The average molecular weight is 726 g/mol. The number of thioether (sulfide) groups is 1. The van der Waals surface area contributed by atoms with E-state index in [1.807, 2.05) is 104 Å². The molecule has 2 heterocycles. The number of hydrogen-bond donors (Lipinski definition) is 3. The normalized spacial score (nSPS) is 18.4. The number of benzene rings is 5. The number of hydrogen-bond acceptors (Lipinski definition) is 7. The van der Waals surface area contributed by atoms with Crippen molar-refractivity contribution in [3.8, 4) is 33.7 Å². The van der Waals surface area contributed by atoms with Gasteiger partial charge in [0.1, 0.15) is 5.69 Å². The van der Waals surface area contributed by atoms with Crippen molar-refractivity contribution < 1.29 is 23.8 Å². The summed E-state index contributed by atoms with van der Waals surface area (Å²) in [5.41, 5.74) is 8.68. The Balaban J connectivity index is 1.12. The first-order valence-corrected chi connectivity index (χ1v) is 18.9. The summed E-state index contributed by atoms with van der Waals surface area (Å²) in [6.45, 7) is 5.05. The maximum Gasteiger partial charge on any atom is 0.315 e. The highest BCUT2D eigenvalue weighted by Gasteiger charge is 2.38. The topological polar surface area (TPSA) is 106 Å². The molecule has 0 spiro atoms. The molecule has 1 aromatic heterocycles. The minimum Gasteiger partial charge on any atom is -0.431 e. The fourth-order valence-electron chi connectivity index (χ4n) is 6.50. The lowest BCUT2D eigenvalue weighted by molar-refractivity contribution is -0.268. The quantitative estimate of drug-likeness (QED) is 0.108. The average Bonchev–Trinajstić information content (AvgIpc) is 3.65. The van der Waals surface area contributed by atoms with Crippen LogP contribution in [0.1, 0.15) is 48.5 Å². The molecule has 1 aliphatic rings. The van der Waals surface area contributed by atoms with Gasteiger partial charge in [-0.05, 0) is 40.8 Å². The van der Waals surface area contributed by atoms with Crippen molar-refractivity contribution in [1.82, 2.24) is 15.6 Å². The molecule has 0 unspecified atom stereocenters. The summed E-state index contributed by atoms with van der Waals surface area (Å²) >= 11 is 1.54. The number of nitrogens with zero attached hydrogens (tertiary/aromatic N) is 1. The molecule has 4 atom stereocenters. The van der Waals surface area contributed by atoms with Gasteiger partial charge in [-0.2, -0.15) is 0 Å². The van der Waals surface area contributed by atoms with Crippen molar-refractivity contribution in [1.29, 1.82) is 0 Å². The summed E-state index contributed by atoms with van der Waals surface area (Å²) < 4.78 is 19.9. The molecule has 1 fully saturated rings. The molecule has 5 aromatic carbocycles. The van der Waals surface area contributed by atoms with E-state index < -0.39 is 6.29 Å². The summed E-state index contributed by atoms with van der Waals surface area (Å²) in [4.78, 5) is 16.9. The van der Waals surface area contributed by atoms with Crippen LogP contribution in [0.25, 0.3) is 33.7 Å². The molecule has 0 aliphatic carbocycles. The van der Waals surface area contributed by atoms with Gasteiger partial charge in [-0.15, -0.1) is 0 Å². The molecule has 6 aromatic rings. The predicted molar refractivity (Wildman–Crippen MR) is 209 cm³/mol. The van der Waals surface area contributed by atoms with Crippen molar-refractivity contribution in [3.63, 3.8) is 0 Å². The van der Waals surface area contributed by atoms with Crippen molar-refractivity contribution in [2.45, 2.75) is 50.7 Å². The smallest absolute Gasteiger partial charge is 0.315 e. The zero-order chi connectivity index (χ0) is 36.6. The summed E-state index contributed by atoms with van der Waals surface area (Å²) in [7, 11) is 0. The zero-order valence-electron chi connectivity index (χ0n) is 29.8. The van der Waals surface area contributed by atoms with E-state index in [9.17, 15) is 9.90 Å². The maximum absolute atomic E-state index is 11.9.